The number of benzene rings is 1. The fourth-order valence-corrected chi connectivity index (χ4v) is 3.48. The van der Waals surface area contributed by atoms with Crippen molar-refractivity contribution < 1.29 is 9.13 Å². The van der Waals surface area contributed by atoms with Gasteiger partial charge in [-0.15, -0.1) is 12.4 Å². The van der Waals surface area contributed by atoms with Gasteiger partial charge in [-0.05, 0) is 20.0 Å². The van der Waals surface area contributed by atoms with Gasteiger partial charge in [-0.25, -0.2) is 4.39 Å². The first-order valence-electron chi connectivity index (χ1n) is 8.00. The Kier molecular flexibility index (Phi) is 4.44. The van der Waals surface area contributed by atoms with Crippen LogP contribution in [0.25, 0.3) is 10.9 Å². The largest absolute Gasteiger partial charge is 0.487 e. The van der Waals surface area contributed by atoms with Gasteiger partial charge in [0.05, 0.1) is 16.9 Å². The maximum absolute atomic E-state index is 14.8. The molecular formula is C17H21ClFN3O2. The third kappa shape index (κ3) is 2.54. The van der Waals surface area contributed by atoms with E-state index in [1.807, 2.05) is 16.4 Å². The number of ether oxygens (including phenoxy) is 1. The summed E-state index contributed by atoms with van der Waals surface area (Å²) in [6, 6.07) is 2.99. The molecule has 0 spiro atoms. The SMILES string of the molecule is C[C@H]1COc2c(N3CCN(C)CC3)c(F)cc3c(=O)ccn1c23.Cl. The van der Waals surface area contributed by atoms with Crippen molar-refractivity contribution in [3.05, 3.63) is 34.4 Å². The molecule has 7 heteroatoms. The number of halogens is 2. The minimum absolute atomic E-state index is 0. The van der Waals surface area contributed by atoms with Crippen LogP contribution in [0.3, 0.4) is 0 Å². The first-order valence-corrected chi connectivity index (χ1v) is 8.00. The Morgan fingerprint density at radius 1 is 1.25 bits per heavy atom. The summed E-state index contributed by atoms with van der Waals surface area (Å²) in [6.45, 7) is 5.79. The third-order valence-corrected chi connectivity index (χ3v) is 4.86. The molecule has 0 amide bonds. The minimum Gasteiger partial charge on any atom is -0.487 e. The Morgan fingerprint density at radius 2 is 1.96 bits per heavy atom. The average molecular weight is 354 g/mol. The number of hydrogen-bond donors (Lipinski definition) is 0. The van der Waals surface area contributed by atoms with E-state index in [0.717, 1.165) is 26.2 Å². The summed E-state index contributed by atoms with van der Waals surface area (Å²) < 4.78 is 22.7. The molecule has 0 radical (unpaired) electrons. The molecule has 1 saturated heterocycles. The summed E-state index contributed by atoms with van der Waals surface area (Å²) in [6.07, 6.45) is 1.78. The molecule has 4 rings (SSSR count). The topological polar surface area (TPSA) is 37.7 Å². The Balaban J connectivity index is 0.00000169. The molecule has 0 bridgehead atoms. The van der Waals surface area contributed by atoms with Crippen LogP contribution in [0.15, 0.2) is 23.1 Å². The normalized spacial score (nSPS) is 20.6. The Labute approximate surface area is 146 Å². The van der Waals surface area contributed by atoms with Gasteiger partial charge in [-0.2, -0.15) is 0 Å². The second kappa shape index (κ2) is 6.26. The molecule has 0 N–H and O–H groups in total. The molecule has 1 aromatic heterocycles. The standard InChI is InChI=1S/C17H20FN3O2.ClH/c1-11-10-23-17-15-12(14(22)3-4-21(11)15)9-13(18)16(17)20-7-5-19(2)6-8-20;/h3-4,9,11H,5-8,10H2,1-2H3;1H/t11-;/m0./s1. The molecule has 1 atom stereocenters. The zero-order chi connectivity index (χ0) is 16.1. The number of piperazine rings is 1. The number of nitrogens with zero attached hydrogens (tertiary/aromatic N) is 3. The van der Waals surface area contributed by atoms with Crippen molar-refractivity contribution in [2.75, 3.05) is 44.7 Å². The molecule has 2 aliphatic rings. The summed E-state index contributed by atoms with van der Waals surface area (Å²) in [4.78, 5) is 16.4. The predicted octanol–water partition coefficient (Wildman–Crippen LogP) is 2.27. The van der Waals surface area contributed by atoms with Gasteiger partial charge in [-0.3, -0.25) is 4.79 Å². The van der Waals surface area contributed by atoms with Gasteiger partial charge in [0.25, 0.3) is 0 Å². The van der Waals surface area contributed by atoms with Gasteiger partial charge in [0.15, 0.2) is 17.0 Å². The van der Waals surface area contributed by atoms with E-state index in [-0.39, 0.29) is 29.7 Å². The monoisotopic (exact) mass is 353 g/mol. The molecule has 0 unspecified atom stereocenters. The predicted molar refractivity (Wildman–Crippen MR) is 95.3 cm³/mol. The number of aromatic nitrogens is 1. The molecule has 0 saturated carbocycles. The zero-order valence-corrected chi connectivity index (χ0v) is 14.6. The minimum atomic E-state index is -0.374. The average Bonchev–Trinajstić information content (AvgIpc) is 2.54. The highest BCUT2D eigenvalue weighted by Gasteiger charge is 2.29. The summed E-state index contributed by atoms with van der Waals surface area (Å²) >= 11 is 0. The molecule has 2 aromatic rings. The highest BCUT2D eigenvalue weighted by Crippen LogP contribution is 2.41. The van der Waals surface area contributed by atoms with E-state index in [0.29, 0.717) is 28.9 Å². The van der Waals surface area contributed by atoms with Crippen LogP contribution in [0.4, 0.5) is 10.1 Å². The smallest absolute Gasteiger partial charge is 0.189 e. The number of anilines is 1. The van der Waals surface area contributed by atoms with Crippen LogP contribution in [0.2, 0.25) is 0 Å². The van der Waals surface area contributed by atoms with Crippen molar-refractivity contribution in [2.45, 2.75) is 13.0 Å². The van der Waals surface area contributed by atoms with Crippen LogP contribution in [0, 0.1) is 5.82 Å². The van der Waals surface area contributed by atoms with Gasteiger partial charge in [0.1, 0.15) is 12.3 Å². The Bertz CT molecular complexity index is 831. The lowest BCUT2D eigenvalue weighted by molar-refractivity contribution is 0.245. The van der Waals surface area contributed by atoms with E-state index in [1.54, 1.807) is 6.20 Å². The highest BCUT2D eigenvalue weighted by molar-refractivity contribution is 5.92. The fraction of sp³-hybridized carbons (Fsp3) is 0.471. The summed E-state index contributed by atoms with van der Waals surface area (Å²) in [5.74, 6) is 0.141. The van der Waals surface area contributed by atoms with Crippen LogP contribution in [0.5, 0.6) is 5.75 Å². The molecule has 0 aliphatic carbocycles. The van der Waals surface area contributed by atoms with Crippen molar-refractivity contribution in [2.24, 2.45) is 0 Å². The van der Waals surface area contributed by atoms with Crippen LogP contribution in [-0.2, 0) is 0 Å². The van der Waals surface area contributed by atoms with Gasteiger partial charge < -0.3 is 19.1 Å². The lowest BCUT2D eigenvalue weighted by Gasteiger charge is -2.36. The van der Waals surface area contributed by atoms with Gasteiger partial charge >= 0.3 is 0 Å². The molecule has 1 aromatic carbocycles. The van der Waals surface area contributed by atoms with Crippen molar-refractivity contribution in [3.8, 4) is 5.75 Å². The molecule has 3 heterocycles. The maximum atomic E-state index is 14.8. The van der Waals surface area contributed by atoms with Crippen molar-refractivity contribution in [1.82, 2.24) is 9.47 Å². The van der Waals surface area contributed by atoms with E-state index >= 15 is 0 Å². The molecule has 24 heavy (non-hydrogen) atoms. The third-order valence-electron chi connectivity index (χ3n) is 4.86. The number of likely N-dealkylation sites (N-methyl/N-ethyl adjacent to an activating group) is 1. The van der Waals surface area contributed by atoms with E-state index < -0.39 is 0 Å². The van der Waals surface area contributed by atoms with Crippen LogP contribution in [-0.4, -0.2) is 49.3 Å². The van der Waals surface area contributed by atoms with Crippen LogP contribution >= 0.6 is 12.4 Å². The molecule has 130 valence electrons. The van der Waals surface area contributed by atoms with E-state index in [2.05, 4.69) is 11.9 Å². The lowest BCUT2D eigenvalue weighted by Crippen LogP contribution is -2.45. The van der Waals surface area contributed by atoms with Crippen molar-refractivity contribution >= 4 is 29.0 Å². The summed E-state index contributed by atoms with van der Waals surface area (Å²) in [5, 5.41) is 0.393. The van der Waals surface area contributed by atoms with E-state index in [1.165, 1.54) is 12.1 Å². The van der Waals surface area contributed by atoms with Crippen LogP contribution < -0.4 is 15.1 Å². The fourth-order valence-electron chi connectivity index (χ4n) is 3.48. The molecule has 2 aliphatic heterocycles. The summed E-state index contributed by atoms with van der Waals surface area (Å²) in [5.41, 5.74) is 1.04. The number of pyridine rings is 1. The second-order valence-corrected chi connectivity index (χ2v) is 6.47. The Morgan fingerprint density at radius 3 is 2.67 bits per heavy atom. The van der Waals surface area contributed by atoms with Gasteiger partial charge in [0, 0.05) is 38.4 Å². The summed E-state index contributed by atoms with van der Waals surface area (Å²) in [7, 11) is 2.06. The maximum Gasteiger partial charge on any atom is 0.189 e. The second-order valence-electron chi connectivity index (χ2n) is 6.47. The van der Waals surface area contributed by atoms with Crippen molar-refractivity contribution in [1.29, 1.82) is 0 Å². The zero-order valence-electron chi connectivity index (χ0n) is 13.8. The first-order chi connectivity index (χ1) is 11.1. The van der Waals surface area contributed by atoms with Gasteiger partial charge in [-0.1, -0.05) is 0 Å². The number of hydrogen-bond acceptors (Lipinski definition) is 4. The quantitative estimate of drug-likeness (QED) is 0.788. The molecule has 5 nitrogen and oxygen atoms in total. The van der Waals surface area contributed by atoms with E-state index in [9.17, 15) is 9.18 Å². The van der Waals surface area contributed by atoms with Gasteiger partial charge in [0.2, 0.25) is 0 Å². The highest BCUT2D eigenvalue weighted by atomic mass is 35.5. The van der Waals surface area contributed by atoms with E-state index in [4.69, 9.17) is 4.74 Å². The molecule has 1 fully saturated rings. The van der Waals surface area contributed by atoms with Crippen LogP contribution in [0.1, 0.15) is 13.0 Å². The van der Waals surface area contributed by atoms with Crippen molar-refractivity contribution in [3.63, 3.8) is 0 Å². The first kappa shape index (κ1) is 17.0. The lowest BCUT2D eigenvalue weighted by atomic mass is 10.1. The molecular weight excluding hydrogens is 333 g/mol. The Hall–Kier alpha value is -1.79. The number of rotatable bonds is 1.